The Balaban J connectivity index is 1.30. The van der Waals surface area contributed by atoms with Gasteiger partial charge in [0.25, 0.3) is 0 Å². The van der Waals surface area contributed by atoms with Crippen molar-refractivity contribution in [2.24, 2.45) is 0 Å². The van der Waals surface area contributed by atoms with E-state index in [1.165, 1.54) is 5.56 Å². The minimum atomic E-state index is 0.170. The molecule has 0 spiro atoms. The van der Waals surface area contributed by atoms with Crippen LogP contribution in [0.2, 0.25) is 0 Å². The number of aromatic nitrogens is 4. The lowest BCUT2D eigenvalue weighted by molar-refractivity contribution is -0.0187. The average molecular weight is 412 g/mol. The fourth-order valence-electron chi connectivity index (χ4n) is 3.34. The van der Waals surface area contributed by atoms with Crippen LogP contribution in [0, 0.1) is 0 Å². The van der Waals surface area contributed by atoms with E-state index in [-0.39, 0.29) is 6.10 Å². The molecule has 1 aliphatic heterocycles. The SMILES string of the molecule is COc1ccc(Cn2nnnc2SCC2CN(Cc3ccccc3)CCO2)cc1. The summed E-state index contributed by atoms with van der Waals surface area (Å²) < 4.78 is 13.0. The van der Waals surface area contributed by atoms with Crippen LogP contribution in [0.4, 0.5) is 0 Å². The van der Waals surface area contributed by atoms with Gasteiger partial charge in [0.15, 0.2) is 0 Å². The summed E-state index contributed by atoms with van der Waals surface area (Å²) in [5, 5.41) is 13.0. The van der Waals surface area contributed by atoms with Gasteiger partial charge < -0.3 is 9.47 Å². The molecule has 3 aromatic rings. The lowest BCUT2D eigenvalue weighted by Crippen LogP contribution is -2.43. The summed E-state index contributed by atoms with van der Waals surface area (Å²) in [4.78, 5) is 2.45. The number of hydrogen-bond acceptors (Lipinski definition) is 7. The van der Waals surface area contributed by atoms with Crippen molar-refractivity contribution in [2.45, 2.75) is 24.3 Å². The molecule has 0 N–H and O–H groups in total. The van der Waals surface area contributed by atoms with Crippen LogP contribution in [0.3, 0.4) is 0 Å². The van der Waals surface area contributed by atoms with E-state index in [1.807, 2.05) is 28.9 Å². The van der Waals surface area contributed by atoms with E-state index in [0.717, 1.165) is 48.5 Å². The third-order valence-electron chi connectivity index (χ3n) is 4.86. The number of hydrogen-bond donors (Lipinski definition) is 0. The molecule has 2 heterocycles. The second-order valence-electron chi connectivity index (χ2n) is 6.99. The molecule has 0 saturated carbocycles. The summed E-state index contributed by atoms with van der Waals surface area (Å²) in [7, 11) is 1.67. The number of rotatable bonds is 8. The lowest BCUT2D eigenvalue weighted by atomic mass is 10.2. The first-order valence-electron chi connectivity index (χ1n) is 9.70. The lowest BCUT2D eigenvalue weighted by Gasteiger charge is -2.32. The molecule has 8 heteroatoms. The Morgan fingerprint density at radius 1 is 1.07 bits per heavy atom. The maximum absolute atomic E-state index is 5.97. The molecule has 0 bridgehead atoms. The van der Waals surface area contributed by atoms with Crippen LogP contribution in [0.5, 0.6) is 5.75 Å². The molecule has 2 aromatic carbocycles. The topological polar surface area (TPSA) is 65.3 Å². The smallest absolute Gasteiger partial charge is 0.209 e. The van der Waals surface area contributed by atoms with Crippen molar-refractivity contribution in [1.82, 2.24) is 25.1 Å². The zero-order valence-electron chi connectivity index (χ0n) is 16.5. The third-order valence-corrected chi connectivity index (χ3v) is 5.95. The number of nitrogens with zero attached hydrogens (tertiary/aromatic N) is 5. The van der Waals surface area contributed by atoms with Crippen molar-refractivity contribution in [3.05, 3.63) is 65.7 Å². The Morgan fingerprint density at radius 2 is 1.86 bits per heavy atom. The van der Waals surface area contributed by atoms with Gasteiger partial charge in [-0.05, 0) is 33.7 Å². The van der Waals surface area contributed by atoms with Crippen molar-refractivity contribution in [3.8, 4) is 5.75 Å². The molecule has 1 unspecified atom stereocenters. The second kappa shape index (κ2) is 9.87. The van der Waals surface area contributed by atoms with Gasteiger partial charge in [0.2, 0.25) is 5.16 Å². The molecule has 1 atom stereocenters. The standard InChI is InChI=1S/C21H25N5O2S/c1-27-19-9-7-18(8-10-19)14-26-21(22-23-24-26)29-16-20-15-25(11-12-28-20)13-17-5-3-2-4-6-17/h2-10,20H,11-16H2,1H3. The highest BCUT2D eigenvalue weighted by Crippen LogP contribution is 2.20. The van der Waals surface area contributed by atoms with Gasteiger partial charge in [-0.25, -0.2) is 4.68 Å². The monoisotopic (exact) mass is 411 g/mol. The van der Waals surface area contributed by atoms with Crippen LogP contribution < -0.4 is 4.74 Å². The summed E-state index contributed by atoms with van der Waals surface area (Å²) >= 11 is 1.65. The minimum absolute atomic E-state index is 0.170. The van der Waals surface area contributed by atoms with Crippen LogP contribution >= 0.6 is 11.8 Å². The molecule has 0 aliphatic carbocycles. The summed E-state index contributed by atoms with van der Waals surface area (Å²) in [6.07, 6.45) is 0.170. The quantitative estimate of drug-likeness (QED) is 0.528. The maximum atomic E-state index is 5.97. The fraction of sp³-hybridized carbons (Fsp3) is 0.381. The van der Waals surface area contributed by atoms with E-state index in [0.29, 0.717) is 6.54 Å². The maximum Gasteiger partial charge on any atom is 0.209 e. The van der Waals surface area contributed by atoms with Gasteiger partial charge in [0.05, 0.1) is 26.4 Å². The molecule has 1 fully saturated rings. The van der Waals surface area contributed by atoms with Gasteiger partial charge in [-0.1, -0.05) is 54.2 Å². The van der Waals surface area contributed by atoms with E-state index in [9.17, 15) is 0 Å². The van der Waals surface area contributed by atoms with Gasteiger partial charge >= 0.3 is 0 Å². The van der Waals surface area contributed by atoms with Crippen LogP contribution in [0.15, 0.2) is 59.8 Å². The van der Waals surface area contributed by atoms with E-state index in [4.69, 9.17) is 9.47 Å². The Bertz CT molecular complexity index is 888. The van der Waals surface area contributed by atoms with Gasteiger partial charge in [0, 0.05) is 25.4 Å². The highest BCUT2D eigenvalue weighted by atomic mass is 32.2. The summed E-state index contributed by atoms with van der Waals surface area (Å²) in [6, 6.07) is 18.5. The largest absolute Gasteiger partial charge is 0.497 e. The average Bonchev–Trinajstić information content (AvgIpc) is 3.21. The number of ether oxygens (including phenoxy) is 2. The third kappa shape index (κ3) is 5.56. The number of morpholine rings is 1. The van der Waals surface area contributed by atoms with E-state index >= 15 is 0 Å². The second-order valence-corrected chi connectivity index (χ2v) is 7.98. The molecular formula is C21H25N5O2S. The molecule has 7 nitrogen and oxygen atoms in total. The highest BCUT2D eigenvalue weighted by molar-refractivity contribution is 7.99. The molecule has 1 aliphatic rings. The molecule has 1 saturated heterocycles. The normalized spacial score (nSPS) is 17.3. The number of tetrazole rings is 1. The summed E-state index contributed by atoms with van der Waals surface area (Å²) in [6.45, 7) is 4.23. The number of benzene rings is 2. The van der Waals surface area contributed by atoms with Crippen LogP contribution in [0.1, 0.15) is 11.1 Å². The van der Waals surface area contributed by atoms with Crippen molar-refractivity contribution in [2.75, 3.05) is 32.6 Å². The molecule has 0 amide bonds. The van der Waals surface area contributed by atoms with E-state index in [2.05, 4.69) is 50.8 Å². The first-order chi connectivity index (χ1) is 14.3. The zero-order valence-corrected chi connectivity index (χ0v) is 17.3. The number of methoxy groups -OCH3 is 1. The Morgan fingerprint density at radius 3 is 2.66 bits per heavy atom. The molecule has 0 radical (unpaired) electrons. The van der Waals surface area contributed by atoms with Gasteiger partial charge in [0.1, 0.15) is 5.75 Å². The van der Waals surface area contributed by atoms with Crippen molar-refractivity contribution in [3.63, 3.8) is 0 Å². The Hall–Kier alpha value is -2.42. The first-order valence-corrected chi connectivity index (χ1v) is 10.7. The van der Waals surface area contributed by atoms with Crippen molar-refractivity contribution in [1.29, 1.82) is 0 Å². The van der Waals surface area contributed by atoms with Gasteiger partial charge in [-0.15, -0.1) is 5.10 Å². The van der Waals surface area contributed by atoms with Crippen LogP contribution in [0.25, 0.3) is 0 Å². The Kier molecular flexibility index (Phi) is 6.76. The van der Waals surface area contributed by atoms with Crippen molar-refractivity contribution >= 4 is 11.8 Å². The fourth-order valence-corrected chi connectivity index (χ4v) is 4.22. The highest BCUT2D eigenvalue weighted by Gasteiger charge is 2.22. The van der Waals surface area contributed by atoms with E-state index < -0.39 is 0 Å². The molecule has 29 heavy (non-hydrogen) atoms. The molecule has 1 aromatic heterocycles. The van der Waals surface area contributed by atoms with Gasteiger partial charge in [-0.3, -0.25) is 4.90 Å². The molecule has 4 rings (SSSR count). The molecule has 152 valence electrons. The molecular weight excluding hydrogens is 386 g/mol. The predicted octanol–water partition coefficient (Wildman–Crippen LogP) is 2.72. The number of thioether (sulfide) groups is 1. The van der Waals surface area contributed by atoms with E-state index in [1.54, 1.807) is 18.9 Å². The minimum Gasteiger partial charge on any atom is -0.497 e. The zero-order chi connectivity index (χ0) is 19.9. The first kappa shape index (κ1) is 19.9. The van der Waals surface area contributed by atoms with Crippen LogP contribution in [-0.4, -0.2) is 63.8 Å². The summed E-state index contributed by atoms with van der Waals surface area (Å²) in [5.41, 5.74) is 2.46. The predicted molar refractivity (Wildman–Crippen MR) is 112 cm³/mol. The Labute approximate surface area is 175 Å². The van der Waals surface area contributed by atoms with Crippen molar-refractivity contribution < 1.29 is 9.47 Å². The van der Waals surface area contributed by atoms with Crippen LogP contribution in [-0.2, 0) is 17.8 Å². The summed E-state index contributed by atoms with van der Waals surface area (Å²) in [5.74, 6) is 1.67. The van der Waals surface area contributed by atoms with Gasteiger partial charge in [-0.2, -0.15) is 0 Å².